The van der Waals surface area contributed by atoms with Gasteiger partial charge >= 0.3 is 0 Å². The maximum absolute atomic E-state index is 12.7. The number of hydrogen-bond acceptors (Lipinski definition) is 5. The number of ether oxygens (including phenoxy) is 3. The molecule has 2 aliphatic rings. The second-order valence-corrected chi connectivity index (χ2v) is 7.98. The zero-order valence-corrected chi connectivity index (χ0v) is 18.0. The Balaban J connectivity index is 1.43. The fourth-order valence-corrected chi connectivity index (χ4v) is 4.04. The average Bonchev–Trinajstić information content (AvgIpc) is 3.43. The number of amides is 2. The first kappa shape index (κ1) is 21.2. The Bertz CT molecular complexity index is 927. The highest BCUT2D eigenvalue weighted by molar-refractivity contribution is 5.96. The molecule has 0 bridgehead atoms. The molecule has 0 saturated carbocycles. The molecule has 7 heteroatoms. The molecule has 2 fully saturated rings. The Kier molecular flexibility index (Phi) is 6.42. The van der Waals surface area contributed by atoms with Crippen LogP contribution in [-0.4, -0.2) is 63.3 Å². The Morgan fingerprint density at radius 2 is 2.00 bits per heavy atom. The van der Waals surface area contributed by atoms with Gasteiger partial charge in [-0.2, -0.15) is 0 Å². The molecule has 0 N–H and O–H groups in total. The summed E-state index contributed by atoms with van der Waals surface area (Å²) >= 11 is 0. The van der Waals surface area contributed by atoms with Crippen molar-refractivity contribution in [2.45, 2.75) is 24.9 Å². The second kappa shape index (κ2) is 9.39. The number of hydrogen-bond donors (Lipinski definition) is 0. The van der Waals surface area contributed by atoms with Crippen LogP contribution >= 0.6 is 0 Å². The lowest BCUT2D eigenvalue weighted by Crippen LogP contribution is -2.39. The van der Waals surface area contributed by atoms with E-state index in [9.17, 15) is 9.59 Å². The van der Waals surface area contributed by atoms with E-state index in [4.69, 9.17) is 14.2 Å². The molecule has 4 rings (SSSR count). The van der Waals surface area contributed by atoms with Crippen molar-refractivity contribution < 1.29 is 23.8 Å². The largest absolute Gasteiger partial charge is 0.493 e. The maximum Gasteiger partial charge on any atom is 0.246 e. The van der Waals surface area contributed by atoms with Crippen LogP contribution in [0.5, 0.6) is 11.5 Å². The lowest BCUT2D eigenvalue weighted by Gasteiger charge is -2.22. The average molecular weight is 424 g/mol. The number of para-hydroxylation sites is 1. The molecular formula is C24H28N2O5. The molecule has 31 heavy (non-hydrogen) atoms. The molecule has 0 aromatic heterocycles. The first-order valence-corrected chi connectivity index (χ1v) is 10.6. The highest BCUT2D eigenvalue weighted by atomic mass is 16.6. The van der Waals surface area contributed by atoms with Crippen LogP contribution in [0.4, 0.5) is 5.69 Å². The van der Waals surface area contributed by atoms with Gasteiger partial charge in [-0.05, 0) is 29.8 Å². The van der Waals surface area contributed by atoms with Gasteiger partial charge in [-0.25, -0.2) is 0 Å². The molecule has 2 heterocycles. The van der Waals surface area contributed by atoms with E-state index in [1.54, 1.807) is 24.0 Å². The standard InChI is InChI=1S/C24H28N2O5/c1-25(19-6-4-3-5-7-19)24(28)15-26-14-18(13-23(26)27)17-8-9-21(29-2)22(12-17)31-20-10-11-30-16-20/h3-9,12,18,20H,10-11,13-16H2,1-2H3/t18-,20?/m1/s1. The normalized spacial score (nSPS) is 20.7. The Morgan fingerprint density at radius 3 is 2.71 bits per heavy atom. The van der Waals surface area contributed by atoms with Crippen LogP contribution in [0.25, 0.3) is 0 Å². The van der Waals surface area contributed by atoms with Gasteiger partial charge in [0.25, 0.3) is 0 Å². The number of likely N-dealkylation sites (tertiary alicyclic amines) is 1. The maximum atomic E-state index is 12.7. The smallest absolute Gasteiger partial charge is 0.246 e. The number of carbonyl (C=O) groups excluding carboxylic acids is 2. The first-order valence-electron chi connectivity index (χ1n) is 10.6. The summed E-state index contributed by atoms with van der Waals surface area (Å²) in [5.74, 6) is 1.22. The summed E-state index contributed by atoms with van der Waals surface area (Å²) in [5.41, 5.74) is 1.82. The van der Waals surface area contributed by atoms with Crippen LogP contribution in [0.3, 0.4) is 0 Å². The predicted octanol–water partition coefficient (Wildman–Crippen LogP) is 2.84. The fraction of sp³-hybridized carbons (Fsp3) is 0.417. The van der Waals surface area contributed by atoms with Gasteiger partial charge in [-0.1, -0.05) is 24.3 Å². The number of anilines is 1. The first-order chi connectivity index (χ1) is 15.0. The summed E-state index contributed by atoms with van der Waals surface area (Å²) in [7, 11) is 3.35. The van der Waals surface area contributed by atoms with E-state index in [0.717, 1.165) is 17.7 Å². The quantitative estimate of drug-likeness (QED) is 0.684. The third-order valence-corrected chi connectivity index (χ3v) is 5.90. The van der Waals surface area contributed by atoms with E-state index in [-0.39, 0.29) is 30.4 Å². The zero-order chi connectivity index (χ0) is 21.8. The van der Waals surface area contributed by atoms with Gasteiger partial charge in [-0.3, -0.25) is 9.59 Å². The van der Waals surface area contributed by atoms with Gasteiger partial charge in [0, 0.05) is 38.0 Å². The number of methoxy groups -OCH3 is 1. The molecule has 0 aliphatic carbocycles. The van der Waals surface area contributed by atoms with Crippen molar-refractivity contribution in [2.75, 3.05) is 45.4 Å². The van der Waals surface area contributed by atoms with Crippen LogP contribution in [0, 0.1) is 0 Å². The van der Waals surface area contributed by atoms with Gasteiger partial charge < -0.3 is 24.0 Å². The van der Waals surface area contributed by atoms with E-state index in [1.165, 1.54) is 0 Å². The minimum atomic E-state index is -0.111. The van der Waals surface area contributed by atoms with Gasteiger partial charge in [0.1, 0.15) is 12.6 Å². The third-order valence-electron chi connectivity index (χ3n) is 5.90. The van der Waals surface area contributed by atoms with Gasteiger partial charge in [-0.15, -0.1) is 0 Å². The fourth-order valence-electron chi connectivity index (χ4n) is 4.04. The van der Waals surface area contributed by atoms with E-state index >= 15 is 0 Å². The predicted molar refractivity (Wildman–Crippen MR) is 117 cm³/mol. The van der Waals surface area contributed by atoms with Crippen molar-refractivity contribution in [1.29, 1.82) is 0 Å². The SMILES string of the molecule is COc1ccc([C@@H]2CC(=O)N(CC(=O)N(C)c3ccccc3)C2)cc1OC1CCOC1. The Hall–Kier alpha value is -3.06. The van der Waals surface area contributed by atoms with Gasteiger partial charge in [0.05, 0.1) is 20.3 Å². The van der Waals surface area contributed by atoms with Crippen molar-refractivity contribution in [1.82, 2.24) is 4.90 Å². The van der Waals surface area contributed by atoms with Crippen molar-refractivity contribution in [3.05, 3.63) is 54.1 Å². The van der Waals surface area contributed by atoms with Crippen molar-refractivity contribution in [2.24, 2.45) is 0 Å². The number of carbonyl (C=O) groups is 2. The van der Waals surface area contributed by atoms with E-state index < -0.39 is 0 Å². The van der Waals surface area contributed by atoms with Crippen LogP contribution in [0.2, 0.25) is 0 Å². The second-order valence-electron chi connectivity index (χ2n) is 7.98. The molecule has 7 nitrogen and oxygen atoms in total. The van der Waals surface area contributed by atoms with E-state index in [2.05, 4.69) is 0 Å². The highest BCUT2D eigenvalue weighted by Gasteiger charge is 2.33. The summed E-state index contributed by atoms with van der Waals surface area (Å²) in [6.07, 6.45) is 1.23. The molecule has 2 saturated heterocycles. The summed E-state index contributed by atoms with van der Waals surface area (Å²) in [5, 5.41) is 0. The summed E-state index contributed by atoms with van der Waals surface area (Å²) in [4.78, 5) is 28.6. The summed E-state index contributed by atoms with van der Waals surface area (Å²) in [6.45, 7) is 1.84. The number of benzene rings is 2. The molecular weight excluding hydrogens is 396 g/mol. The molecule has 0 spiro atoms. The number of likely N-dealkylation sites (N-methyl/N-ethyl adjacent to an activating group) is 1. The van der Waals surface area contributed by atoms with Crippen molar-refractivity contribution in [3.8, 4) is 11.5 Å². The molecule has 1 unspecified atom stereocenters. The van der Waals surface area contributed by atoms with Crippen molar-refractivity contribution in [3.63, 3.8) is 0 Å². The topological polar surface area (TPSA) is 68.3 Å². The summed E-state index contributed by atoms with van der Waals surface area (Å²) < 4.78 is 16.9. The highest BCUT2D eigenvalue weighted by Crippen LogP contribution is 2.36. The number of nitrogens with zero attached hydrogens (tertiary/aromatic N) is 2. The minimum Gasteiger partial charge on any atom is -0.493 e. The Morgan fingerprint density at radius 1 is 1.19 bits per heavy atom. The van der Waals surface area contributed by atoms with E-state index in [0.29, 0.717) is 37.7 Å². The molecule has 0 radical (unpaired) electrons. The third kappa shape index (κ3) is 4.82. The monoisotopic (exact) mass is 424 g/mol. The lowest BCUT2D eigenvalue weighted by molar-refractivity contribution is -0.132. The molecule has 2 aromatic rings. The number of rotatable bonds is 7. The summed E-state index contributed by atoms with van der Waals surface area (Å²) in [6, 6.07) is 15.2. The van der Waals surface area contributed by atoms with Crippen LogP contribution in [0.1, 0.15) is 24.3 Å². The molecule has 2 aliphatic heterocycles. The lowest BCUT2D eigenvalue weighted by atomic mass is 9.98. The Labute approximate surface area is 182 Å². The molecule has 2 aromatic carbocycles. The molecule has 2 atom stereocenters. The zero-order valence-electron chi connectivity index (χ0n) is 18.0. The van der Waals surface area contributed by atoms with Gasteiger partial charge in [0.15, 0.2) is 11.5 Å². The molecule has 2 amide bonds. The van der Waals surface area contributed by atoms with Crippen LogP contribution < -0.4 is 14.4 Å². The van der Waals surface area contributed by atoms with E-state index in [1.807, 2.05) is 48.5 Å². The van der Waals surface area contributed by atoms with Crippen LogP contribution in [-0.2, 0) is 14.3 Å². The molecule has 164 valence electrons. The van der Waals surface area contributed by atoms with Crippen LogP contribution in [0.15, 0.2) is 48.5 Å². The van der Waals surface area contributed by atoms with Gasteiger partial charge in [0.2, 0.25) is 11.8 Å². The van der Waals surface area contributed by atoms with Crippen molar-refractivity contribution >= 4 is 17.5 Å². The minimum absolute atomic E-state index is 0.00964.